The van der Waals surface area contributed by atoms with Crippen molar-refractivity contribution in [2.75, 3.05) is 0 Å². The number of aromatic hydroxyl groups is 1. The predicted molar refractivity (Wildman–Crippen MR) is 79.3 cm³/mol. The monoisotopic (exact) mass is 270 g/mol. The van der Waals surface area contributed by atoms with Crippen molar-refractivity contribution >= 4 is 0 Å². The summed E-state index contributed by atoms with van der Waals surface area (Å²) < 4.78 is 0. The highest BCUT2D eigenvalue weighted by Gasteiger charge is 2.16. The van der Waals surface area contributed by atoms with Gasteiger partial charge in [-0.3, -0.25) is 0 Å². The van der Waals surface area contributed by atoms with E-state index in [4.69, 9.17) is 5.26 Å². The number of nitrogens with zero attached hydrogens (tertiary/aromatic N) is 2. The van der Waals surface area contributed by atoms with Crippen molar-refractivity contribution in [3.8, 4) is 17.9 Å². The van der Waals surface area contributed by atoms with Gasteiger partial charge in [0.25, 0.3) is 0 Å². The van der Waals surface area contributed by atoms with Crippen molar-refractivity contribution in [2.45, 2.75) is 58.3 Å². The third kappa shape index (κ3) is 4.00. The standard InChI is InChI=1S/C17H22N2O/c1-3-4-5-6-7-8-13(2)14-9-10-17(20)16(12-19)15(14)11-18/h9-10,13,20H,3-8H2,1-2H3. The van der Waals surface area contributed by atoms with Crippen molar-refractivity contribution in [3.63, 3.8) is 0 Å². The molecule has 1 N–H and O–H groups in total. The first kappa shape index (κ1) is 16.1. The third-order valence-corrected chi connectivity index (χ3v) is 3.71. The molecule has 0 spiro atoms. The van der Waals surface area contributed by atoms with Gasteiger partial charge in [0.2, 0.25) is 0 Å². The second-order valence-electron chi connectivity index (χ2n) is 5.25. The summed E-state index contributed by atoms with van der Waals surface area (Å²) in [6.45, 7) is 4.27. The largest absolute Gasteiger partial charge is 0.507 e. The van der Waals surface area contributed by atoms with E-state index in [0.717, 1.165) is 18.4 Å². The number of unbranched alkanes of at least 4 members (excludes halogenated alkanes) is 4. The van der Waals surface area contributed by atoms with Gasteiger partial charge in [-0.25, -0.2) is 0 Å². The van der Waals surface area contributed by atoms with E-state index in [1.54, 1.807) is 6.07 Å². The molecular formula is C17H22N2O. The van der Waals surface area contributed by atoms with Gasteiger partial charge < -0.3 is 5.11 Å². The lowest BCUT2D eigenvalue weighted by Crippen LogP contribution is -2.00. The van der Waals surface area contributed by atoms with Gasteiger partial charge in [-0.2, -0.15) is 10.5 Å². The summed E-state index contributed by atoms with van der Waals surface area (Å²) in [5.41, 5.74) is 1.30. The van der Waals surface area contributed by atoms with Crippen molar-refractivity contribution in [3.05, 3.63) is 28.8 Å². The van der Waals surface area contributed by atoms with Crippen LogP contribution in [0.15, 0.2) is 12.1 Å². The average Bonchev–Trinajstić information content (AvgIpc) is 2.46. The summed E-state index contributed by atoms with van der Waals surface area (Å²) in [4.78, 5) is 0. The number of benzene rings is 1. The Balaban J connectivity index is 2.76. The SMILES string of the molecule is CCCCCCCC(C)c1ccc(O)c(C#N)c1C#N. The fourth-order valence-electron chi connectivity index (χ4n) is 2.46. The number of hydrogen-bond acceptors (Lipinski definition) is 3. The molecular weight excluding hydrogens is 248 g/mol. The van der Waals surface area contributed by atoms with Crippen LogP contribution in [0.25, 0.3) is 0 Å². The van der Waals surface area contributed by atoms with Crippen LogP contribution in [0.4, 0.5) is 0 Å². The van der Waals surface area contributed by atoms with Crippen molar-refractivity contribution < 1.29 is 5.11 Å². The maximum atomic E-state index is 9.63. The Kier molecular flexibility index (Phi) is 6.60. The van der Waals surface area contributed by atoms with Gasteiger partial charge in [-0.1, -0.05) is 52.0 Å². The van der Waals surface area contributed by atoms with Crippen LogP contribution in [0.1, 0.15) is 75.0 Å². The van der Waals surface area contributed by atoms with Crippen LogP contribution in [0.5, 0.6) is 5.75 Å². The summed E-state index contributed by atoms with van der Waals surface area (Å²) in [5.74, 6) is 0.127. The molecule has 0 bridgehead atoms. The summed E-state index contributed by atoms with van der Waals surface area (Å²) in [6, 6.07) is 7.27. The van der Waals surface area contributed by atoms with Crippen LogP contribution < -0.4 is 0 Å². The number of phenols is 1. The minimum atomic E-state index is -0.108. The van der Waals surface area contributed by atoms with Gasteiger partial charge in [-0.15, -0.1) is 0 Å². The maximum absolute atomic E-state index is 9.63. The molecule has 0 amide bonds. The van der Waals surface area contributed by atoms with Gasteiger partial charge >= 0.3 is 0 Å². The fourth-order valence-corrected chi connectivity index (χ4v) is 2.46. The lowest BCUT2D eigenvalue weighted by atomic mass is 9.89. The molecule has 0 fully saturated rings. The first-order chi connectivity index (χ1) is 9.65. The van der Waals surface area contributed by atoms with Gasteiger partial charge in [0.15, 0.2) is 0 Å². The van der Waals surface area contributed by atoms with Crippen LogP contribution >= 0.6 is 0 Å². The van der Waals surface area contributed by atoms with Crippen LogP contribution in [0.3, 0.4) is 0 Å². The number of nitriles is 2. The Bertz CT molecular complexity index is 523. The Hall–Kier alpha value is -2.00. The van der Waals surface area contributed by atoms with Gasteiger partial charge in [-0.05, 0) is 24.0 Å². The first-order valence-electron chi connectivity index (χ1n) is 7.31. The molecule has 3 nitrogen and oxygen atoms in total. The molecule has 1 rings (SSSR count). The Labute approximate surface area is 121 Å². The highest BCUT2D eigenvalue weighted by molar-refractivity contribution is 5.57. The highest BCUT2D eigenvalue weighted by Crippen LogP contribution is 2.30. The van der Waals surface area contributed by atoms with Crippen LogP contribution in [-0.4, -0.2) is 5.11 Å². The van der Waals surface area contributed by atoms with E-state index in [-0.39, 0.29) is 17.2 Å². The molecule has 0 saturated carbocycles. The van der Waals surface area contributed by atoms with Gasteiger partial charge in [0.05, 0.1) is 5.56 Å². The Morgan fingerprint density at radius 3 is 2.30 bits per heavy atom. The van der Waals surface area contributed by atoms with Crippen molar-refractivity contribution in [2.24, 2.45) is 0 Å². The predicted octanol–water partition coefficient (Wildman–Crippen LogP) is 4.60. The Morgan fingerprint density at radius 1 is 1.05 bits per heavy atom. The van der Waals surface area contributed by atoms with E-state index in [2.05, 4.69) is 19.9 Å². The van der Waals surface area contributed by atoms with E-state index >= 15 is 0 Å². The number of hydrogen-bond donors (Lipinski definition) is 1. The van der Waals surface area contributed by atoms with E-state index in [0.29, 0.717) is 5.56 Å². The summed E-state index contributed by atoms with van der Waals surface area (Å²) in [6.07, 6.45) is 7.12. The summed E-state index contributed by atoms with van der Waals surface area (Å²) >= 11 is 0. The van der Waals surface area contributed by atoms with Gasteiger partial charge in [0, 0.05) is 0 Å². The number of phenolic OH excluding ortho intramolecular Hbond substituents is 1. The lowest BCUT2D eigenvalue weighted by Gasteiger charge is -2.14. The smallest absolute Gasteiger partial charge is 0.134 e. The van der Waals surface area contributed by atoms with E-state index in [9.17, 15) is 10.4 Å². The second kappa shape index (κ2) is 8.23. The third-order valence-electron chi connectivity index (χ3n) is 3.71. The minimum absolute atomic E-state index is 0.0998. The summed E-state index contributed by atoms with van der Waals surface area (Å²) in [5, 5.41) is 27.9. The lowest BCUT2D eigenvalue weighted by molar-refractivity contribution is 0.472. The van der Waals surface area contributed by atoms with Crippen molar-refractivity contribution in [1.82, 2.24) is 0 Å². The van der Waals surface area contributed by atoms with Crippen LogP contribution in [0.2, 0.25) is 0 Å². The van der Waals surface area contributed by atoms with E-state index in [1.807, 2.05) is 6.07 Å². The molecule has 106 valence electrons. The zero-order valence-electron chi connectivity index (χ0n) is 12.3. The summed E-state index contributed by atoms with van der Waals surface area (Å²) in [7, 11) is 0. The van der Waals surface area contributed by atoms with Crippen LogP contribution in [0, 0.1) is 22.7 Å². The minimum Gasteiger partial charge on any atom is -0.507 e. The van der Waals surface area contributed by atoms with Gasteiger partial charge in [0.1, 0.15) is 23.5 Å². The molecule has 0 radical (unpaired) electrons. The zero-order chi connectivity index (χ0) is 15.0. The highest BCUT2D eigenvalue weighted by atomic mass is 16.3. The molecule has 20 heavy (non-hydrogen) atoms. The molecule has 0 heterocycles. The molecule has 0 aromatic heterocycles. The topological polar surface area (TPSA) is 67.8 Å². The normalized spacial score (nSPS) is 11.6. The molecule has 1 aromatic rings. The molecule has 3 heteroatoms. The maximum Gasteiger partial charge on any atom is 0.134 e. The molecule has 0 aliphatic heterocycles. The van der Waals surface area contributed by atoms with E-state index < -0.39 is 0 Å². The molecule has 1 unspecified atom stereocenters. The Morgan fingerprint density at radius 2 is 1.70 bits per heavy atom. The molecule has 0 saturated heterocycles. The van der Waals surface area contributed by atoms with Crippen LogP contribution in [-0.2, 0) is 0 Å². The fraction of sp³-hybridized carbons (Fsp3) is 0.529. The molecule has 1 aromatic carbocycles. The zero-order valence-corrected chi connectivity index (χ0v) is 12.3. The molecule has 1 atom stereocenters. The molecule has 0 aliphatic carbocycles. The quantitative estimate of drug-likeness (QED) is 0.736. The first-order valence-corrected chi connectivity index (χ1v) is 7.31. The van der Waals surface area contributed by atoms with Crippen molar-refractivity contribution in [1.29, 1.82) is 10.5 Å². The van der Waals surface area contributed by atoms with E-state index in [1.165, 1.54) is 31.7 Å². The second-order valence-corrected chi connectivity index (χ2v) is 5.25. The average molecular weight is 270 g/mol. The number of rotatable bonds is 7. The molecule has 0 aliphatic rings.